The molecule has 1 aliphatic rings. The van der Waals surface area contributed by atoms with E-state index in [0.29, 0.717) is 13.0 Å². The maximum absolute atomic E-state index is 11.7. The van der Waals surface area contributed by atoms with Gasteiger partial charge < -0.3 is 10.2 Å². The minimum absolute atomic E-state index is 0.00588. The molecule has 0 aromatic carbocycles. The SMILES string of the molecule is C=CCN1CC(=O)NC(CCC)C1=O. The summed E-state index contributed by atoms with van der Waals surface area (Å²) in [5, 5.41) is 2.69. The van der Waals surface area contributed by atoms with Gasteiger partial charge in [-0.05, 0) is 6.42 Å². The van der Waals surface area contributed by atoms with Crippen LogP contribution < -0.4 is 5.32 Å². The largest absolute Gasteiger partial charge is 0.343 e. The van der Waals surface area contributed by atoms with Crippen LogP contribution in [0.5, 0.6) is 0 Å². The lowest BCUT2D eigenvalue weighted by Crippen LogP contribution is -2.57. The number of rotatable bonds is 4. The molecule has 0 bridgehead atoms. The first-order chi connectivity index (χ1) is 6.69. The topological polar surface area (TPSA) is 49.4 Å². The van der Waals surface area contributed by atoms with Crippen molar-refractivity contribution >= 4 is 11.8 Å². The van der Waals surface area contributed by atoms with Crippen LogP contribution in [0.15, 0.2) is 12.7 Å². The Morgan fingerprint density at radius 3 is 2.93 bits per heavy atom. The maximum atomic E-state index is 11.7. The zero-order valence-corrected chi connectivity index (χ0v) is 8.45. The van der Waals surface area contributed by atoms with Crippen molar-refractivity contribution in [1.29, 1.82) is 0 Å². The molecule has 0 spiro atoms. The zero-order valence-electron chi connectivity index (χ0n) is 8.45. The number of amides is 2. The van der Waals surface area contributed by atoms with Gasteiger partial charge in [0.15, 0.2) is 0 Å². The normalized spacial score (nSPS) is 22.1. The van der Waals surface area contributed by atoms with E-state index in [-0.39, 0.29) is 24.4 Å². The second kappa shape index (κ2) is 4.79. The van der Waals surface area contributed by atoms with Crippen molar-refractivity contribution in [2.45, 2.75) is 25.8 Å². The molecule has 14 heavy (non-hydrogen) atoms. The molecule has 1 N–H and O–H groups in total. The molecule has 1 heterocycles. The number of hydrogen-bond donors (Lipinski definition) is 1. The van der Waals surface area contributed by atoms with Crippen molar-refractivity contribution < 1.29 is 9.59 Å². The summed E-state index contributed by atoms with van der Waals surface area (Å²) >= 11 is 0. The van der Waals surface area contributed by atoms with Crippen molar-refractivity contribution in [1.82, 2.24) is 10.2 Å². The third-order valence-corrected chi connectivity index (χ3v) is 2.21. The number of piperazine rings is 1. The van der Waals surface area contributed by atoms with E-state index in [1.807, 2.05) is 6.92 Å². The summed E-state index contributed by atoms with van der Waals surface area (Å²) in [6, 6.07) is -0.332. The average molecular weight is 196 g/mol. The van der Waals surface area contributed by atoms with Crippen molar-refractivity contribution in [3.63, 3.8) is 0 Å². The Kier molecular flexibility index (Phi) is 3.68. The summed E-state index contributed by atoms with van der Waals surface area (Å²) < 4.78 is 0. The minimum atomic E-state index is -0.332. The molecule has 4 nitrogen and oxygen atoms in total. The number of carbonyl (C=O) groups is 2. The monoisotopic (exact) mass is 196 g/mol. The first-order valence-corrected chi connectivity index (χ1v) is 4.88. The number of carbonyl (C=O) groups excluding carboxylic acids is 2. The second-order valence-corrected chi connectivity index (χ2v) is 3.42. The van der Waals surface area contributed by atoms with Gasteiger partial charge >= 0.3 is 0 Å². The zero-order chi connectivity index (χ0) is 10.6. The van der Waals surface area contributed by atoms with Gasteiger partial charge in [0.25, 0.3) is 0 Å². The van der Waals surface area contributed by atoms with Gasteiger partial charge in [0.1, 0.15) is 6.04 Å². The Morgan fingerprint density at radius 1 is 1.64 bits per heavy atom. The van der Waals surface area contributed by atoms with Crippen LogP contribution in [-0.2, 0) is 9.59 Å². The highest BCUT2D eigenvalue weighted by atomic mass is 16.2. The number of hydrogen-bond acceptors (Lipinski definition) is 2. The molecule has 1 aliphatic heterocycles. The van der Waals surface area contributed by atoms with Crippen LogP contribution in [0.3, 0.4) is 0 Å². The Balaban J connectivity index is 2.65. The first-order valence-electron chi connectivity index (χ1n) is 4.88. The van der Waals surface area contributed by atoms with E-state index in [1.165, 1.54) is 4.90 Å². The highest BCUT2D eigenvalue weighted by molar-refractivity contribution is 5.94. The molecule has 0 aromatic heterocycles. The molecule has 1 rings (SSSR count). The van der Waals surface area contributed by atoms with Gasteiger partial charge in [0.2, 0.25) is 11.8 Å². The molecule has 1 fully saturated rings. The predicted octanol–water partition coefficient (Wildman–Crippen LogP) is 0.299. The number of nitrogens with zero attached hydrogens (tertiary/aromatic N) is 1. The molecule has 0 radical (unpaired) electrons. The quantitative estimate of drug-likeness (QED) is 0.657. The van der Waals surface area contributed by atoms with E-state index in [4.69, 9.17) is 0 Å². The highest BCUT2D eigenvalue weighted by Gasteiger charge is 2.30. The van der Waals surface area contributed by atoms with Crippen molar-refractivity contribution in [3.05, 3.63) is 12.7 Å². The molecule has 1 atom stereocenters. The average Bonchev–Trinajstić information content (AvgIpc) is 2.14. The Hall–Kier alpha value is -1.32. The molecule has 78 valence electrons. The Bertz CT molecular complexity index is 251. The maximum Gasteiger partial charge on any atom is 0.245 e. The third kappa shape index (κ3) is 2.34. The molecule has 2 amide bonds. The summed E-state index contributed by atoms with van der Waals surface area (Å²) in [4.78, 5) is 24.5. The van der Waals surface area contributed by atoms with E-state index in [0.717, 1.165) is 6.42 Å². The van der Waals surface area contributed by atoms with Gasteiger partial charge in [-0.25, -0.2) is 0 Å². The number of nitrogens with one attached hydrogen (secondary N) is 1. The first kappa shape index (κ1) is 10.8. The van der Waals surface area contributed by atoms with Crippen LogP contribution >= 0.6 is 0 Å². The van der Waals surface area contributed by atoms with Crippen molar-refractivity contribution in [3.8, 4) is 0 Å². The molecule has 1 saturated heterocycles. The van der Waals surface area contributed by atoms with Crippen LogP contribution in [0.1, 0.15) is 19.8 Å². The van der Waals surface area contributed by atoms with Gasteiger partial charge in [-0.3, -0.25) is 9.59 Å². The van der Waals surface area contributed by atoms with Gasteiger partial charge in [-0.15, -0.1) is 6.58 Å². The summed E-state index contributed by atoms with van der Waals surface area (Å²) in [5.74, 6) is -0.0729. The summed E-state index contributed by atoms with van der Waals surface area (Å²) in [6.45, 7) is 6.16. The molecule has 4 heteroatoms. The van der Waals surface area contributed by atoms with Gasteiger partial charge in [0, 0.05) is 6.54 Å². The van der Waals surface area contributed by atoms with Crippen molar-refractivity contribution in [2.24, 2.45) is 0 Å². The lowest BCUT2D eigenvalue weighted by molar-refractivity contribution is -0.143. The minimum Gasteiger partial charge on any atom is -0.343 e. The van der Waals surface area contributed by atoms with Gasteiger partial charge in [-0.2, -0.15) is 0 Å². The van der Waals surface area contributed by atoms with E-state index in [1.54, 1.807) is 6.08 Å². The van der Waals surface area contributed by atoms with Crippen LogP contribution in [0.2, 0.25) is 0 Å². The van der Waals surface area contributed by atoms with Crippen molar-refractivity contribution in [2.75, 3.05) is 13.1 Å². The molecule has 1 unspecified atom stereocenters. The summed E-state index contributed by atoms with van der Waals surface area (Å²) in [5.41, 5.74) is 0. The molecular formula is C10H16N2O2. The third-order valence-electron chi connectivity index (χ3n) is 2.21. The lowest BCUT2D eigenvalue weighted by Gasteiger charge is -2.31. The summed E-state index contributed by atoms with van der Waals surface area (Å²) in [7, 11) is 0. The summed E-state index contributed by atoms with van der Waals surface area (Å²) in [6.07, 6.45) is 3.23. The van der Waals surface area contributed by atoms with E-state index >= 15 is 0 Å². The van der Waals surface area contributed by atoms with Gasteiger partial charge in [-0.1, -0.05) is 19.4 Å². The Labute approximate surface area is 84.0 Å². The second-order valence-electron chi connectivity index (χ2n) is 3.42. The molecular weight excluding hydrogens is 180 g/mol. The fraction of sp³-hybridized carbons (Fsp3) is 0.600. The smallest absolute Gasteiger partial charge is 0.245 e. The van der Waals surface area contributed by atoms with E-state index < -0.39 is 0 Å². The van der Waals surface area contributed by atoms with Crippen LogP contribution in [-0.4, -0.2) is 35.8 Å². The van der Waals surface area contributed by atoms with E-state index in [2.05, 4.69) is 11.9 Å². The van der Waals surface area contributed by atoms with E-state index in [9.17, 15) is 9.59 Å². The molecule has 0 saturated carbocycles. The lowest BCUT2D eigenvalue weighted by atomic mass is 10.1. The fourth-order valence-electron chi connectivity index (χ4n) is 1.57. The van der Waals surface area contributed by atoms with Crippen LogP contribution in [0.25, 0.3) is 0 Å². The Morgan fingerprint density at radius 2 is 2.36 bits per heavy atom. The molecule has 0 aliphatic carbocycles. The van der Waals surface area contributed by atoms with Gasteiger partial charge in [0.05, 0.1) is 6.54 Å². The fourth-order valence-corrected chi connectivity index (χ4v) is 1.57. The molecule has 0 aromatic rings. The highest BCUT2D eigenvalue weighted by Crippen LogP contribution is 2.07. The predicted molar refractivity (Wildman–Crippen MR) is 53.6 cm³/mol. The van der Waals surface area contributed by atoms with Crippen LogP contribution in [0.4, 0.5) is 0 Å². The standard InChI is InChI=1S/C10H16N2O2/c1-3-5-8-10(14)12(6-4-2)7-9(13)11-8/h4,8H,2-3,5-7H2,1H3,(H,11,13). The van der Waals surface area contributed by atoms with Crippen LogP contribution in [0, 0.1) is 0 Å².